The van der Waals surface area contributed by atoms with Gasteiger partial charge in [0.25, 0.3) is 0 Å². The van der Waals surface area contributed by atoms with Crippen molar-refractivity contribution in [1.82, 2.24) is 4.90 Å². The number of hydrogen-bond acceptors (Lipinski definition) is 3. The summed E-state index contributed by atoms with van der Waals surface area (Å²) in [6.07, 6.45) is 5.87. The quantitative estimate of drug-likeness (QED) is 0.929. The van der Waals surface area contributed by atoms with Gasteiger partial charge in [0.2, 0.25) is 5.91 Å². The van der Waals surface area contributed by atoms with Gasteiger partial charge < -0.3 is 15.4 Å². The van der Waals surface area contributed by atoms with Gasteiger partial charge in [0.1, 0.15) is 5.75 Å². The predicted molar refractivity (Wildman–Crippen MR) is 86.7 cm³/mol. The molecule has 1 saturated heterocycles. The molecule has 3 rings (SSSR count). The minimum atomic E-state index is 0.147. The smallest absolute Gasteiger partial charge is 0.226 e. The molecule has 22 heavy (non-hydrogen) atoms. The third-order valence-corrected chi connectivity index (χ3v) is 5.13. The molecule has 0 bridgehead atoms. The summed E-state index contributed by atoms with van der Waals surface area (Å²) in [5.41, 5.74) is 7.16. The average Bonchev–Trinajstić information content (AvgIpc) is 3.16. The van der Waals surface area contributed by atoms with E-state index < -0.39 is 0 Å². The summed E-state index contributed by atoms with van der Waals surface area (Å²) in [6, 6.07) is 8.64. The Balaban J connectivity index is 1.69. The van der Waals surface area contributed by atoms with Gasteiger partial charge in [-0.25, -0.2) is 0 Å². The SMILES string of the molecule is COc1ccccc1CC1CCCN1C(=O)C1CCC(N)C1. The van der Waals surface area contributed by atoms with Gasteiger partial charge in [-0.2, -0.15) is 0 Å². The Morgan fingerprint density at radius 2 is 2.14 bits per heavy atom. The van der Waals surface area contributed by atoms with E-state index in [1.807, 2.05) is 18.2 Å². The van der Waals surface area contributed by atoms with E-state index in [-0.39, 0.29) is 12.0 Å². The summed E-state index contributed by atoms with van der Waals surface area (Å²) in [4.78, 5) is 14.9. The fourth-order valence-electron chi connectivity index (χ4n) is 3.94. The van der Waals surface area contributed by atoms with Gasteiger partial charge in [0, 0.05) is 24.5 Å². The number of rotatable bonds is 4. The first-order valence-corrected chi connectivity index (χ1v) is 8.37. The van der Waals surface area contributed by atoms with Crippen molar-refractivity contribution in [3.8, 4) is 5.75 Å². The van der Waals surface area contributed by atoms with Gasteiger partial charge in [-0.05, 0) is 50.2 Å². The summed E-state index contributed by atoms with van der Waals surface area (Å²) in [6.45, 7) is 0.893. The molecule has 1 aromatic carbocycles. The fourth-order valence-corrected chi connectivity index (χ4v) is 3.94. The summed E-state index contributed by atoms with van der Waals surface area (Å²) in [5.74, 6) is 1.39. The number of nitrogens with zero attached hydrogens (tertiary/aromatic N) is 1. The highest BCUT2D eigenvalue weighted by Crippen LogP contribution is 2.31. The molecule has 1 heterocycles. The van der Waals surface area contributed by atoms with Crippen molar-refractivity contribution in [2.75, 3.05) is 13.7 Å². The van der Waals surface area contributed by atoms with Crippen LogP contribution in [0.1, 0.15) is 37.7 Å². The molecule has 4 nitrogen and oxygen atoms in total. The molecular weight excluding hydrogens is 276 g/mol. The Hall–Kier alpha value is -1.55. The van der Waals surface area contributed by atoms with Crippen LogP contribution < -0.4 is 10.5 Å². The number of carbonyl (C=O) groups excluding carboxylic acids is 1. The van der Waals surface area contributed by atoms with Crippen LogP contribution in [0.4, 0.5) is 0 Å². The maximum atomic E-state index is 12.8. The molecule has 3 atom stereocenters. The van der Waals surface area contributed by atoms with Crippen LogP contribution in [0.3, 0.4) is 0 Å². The Morgan fingerprint density at radius 1 is 1.32 bits per heavy atom. The van der Waals surface area contributed by atoms with E-state index in [1.54, 1.807) is 7.11 Å². The molecule has 3 unspecified atom stereocenters. The van der Waals surface area contributed by atoms with Crippen LogP contribution in [0.25, 0.3) is 0 Å². The van der Waals surface area contributed by atoms with Crippen molar-refractivity contribution in [3.05, 3.63) is 29.8 Å². The summed E-state index contributed by atoms with van der Waals surface area (Å²) < 4.78 is 5.45. The molecule has 2 fully saturated rings. The molecule has 2 aliphatic rings. The summed E-state index contributed by atoms with van der Waals surface area (Å²) in [5, 5.41) is 0. The second kappa shape index (κ2) is 6.69. The lowest BCUT2D eigenvalue weighted by Crippen LogP contribution is -2.40. The van der Waals surface area contributed by atoms with Crippen molar-refractivity contribution in [2.45, 2.75) is 50.6 Å². The topological polar surface area (TPSA) is 55.6 Å². The lowest BCUT2D eigenvalue weighted by atomic mass is 10.0. The number of para-hydroxylation sites is 1. The van der Waals surface area contributed by atoms with Crippen LogP contribution in [-0.4, -0.2) is 36.5 Å². The molecule has 1 amide bonds. The van der Waals surface area contributed by atoms with Crippen molar-refractivity contribution >= 4 is 5.91 Å². The first-order valence-electron chi connectivity index (χ1n) is 8.37. The molecule has 0 aromatic heterocycles. The highest BCUT2D eigenvalue weighted by atomic mass is 16.5. The predicted octanol–water partition coefficient (Wildman–Crippen LogP) is 2.36. The number of benzene rings is 1. The van der Waals surface area contributed by atoms with Crippen LogP contribution in [0, 0.1) is 5.92 Å². The summed E-state index contributed by atoms with van der Waals surface area (Å²) >= 11 is 0. The Bertz CT molecular complexity index is 532. The van der Waals surface area contributed by atoms with Crippen molar-refractivity contribution in [2.24, 2.45) is 11.7 Å². The largest absolute Gasteiger partial charge is 0.496 e. The van der Waals surface area contributed by atoms with Crippen LogP contribution in [0.5, 0.6) is 5.75 Å². The van der Waals surface area contributed by atoms with Gasteiger partial charge in [-0.1, -0.05) is 18.2 Å². The zero-order valence-electron chi connectivity index (χ0n) is 13.3. The standard InChI is InChI=1S/C18H26N2O2/c1-22-17-7-3-2-5-13(17)12-16-6-4-10-20(16)18(21)14-8-9-15(19)11-14/h2-3,5,7,14-16H,4,6,8-12,19H2,1H3. The lowest BCUT2D eigenvalue weighted by Gasteiger charge is -2.28. The Labute approximate surface area is 132 Å². The zero-order chi connectivity index (χ0) is 15.5. The molecular formula is C18H26N2O2. The minimum Gasteiger partial charge on any atom is -0.496 e. The number of likely N-dealkylation sites (tertiary alicyclic amines) is 1. The zero-order valence-corrected chi connectivity index (χ0v) is 13.3. The van der Waals surface area contributed by atoms with E-state index in [9.17, 15) is 4.79 Å². The molecule has 1 aromatic rings. The van der Waals surface area contributed by atoms with E-state index >= 15 is 0 Å². The highest BCUT2D eigenvalue weighted by molar-refractivity contribution is 5.80. The minimum absolute atomic E-state index is 0.147. The van der Waals surface area contributed by atoms with Crippen molar-refractivity contribution in [3.63, 3.8) is 0 Å². The van der Waals surface area contributed by atoms with Gasteiger partial charge in [-0.15, -0.1) is 0 Å². The normalized spacial score (nSPS) is 28.1. The fraction of sp³-hybridized carbons (Fsp3) is 0.611. The monoisotopic (exact) mass is 302 g/mol. The third kappa shape index (κ3) is 3.12. The second-order valence-corrected chi connectivity index (χ2v) is 6.61. The van der Waals surface area contributed by atoms with Gasteiger partial charge in [0.05, 0.1) is 7.11 Å². The number of ether oxygens (including phenoxy) is 1. The van der Waals surface area contributed by atoms with E-state index in [0.29, 0.717) is 11.9 Å². The van der Waals surface area contributed by atoms with E-state index in [2.05, 4.69) is 11.0 Å². The van der Waals surface area contributed by atoms with Crippen molar-refractivity contribution in [1.29, 1.82) is 0 Å². The molecule has 1 saturated carbocycles. The highest BCUT2D eigenvalue weighted by Gasteiger charge is 2.36. The van der Waals surface area contributed by atoms with Crippen LogP contribution >= 0.6 is 0 Å². The average molecular weight is 302 g/mol. The van der Waals surface area contributed by atoms with Crippen LogP contribution in [0.15, 0.2) is 24.3 Å². The Morgan fingerprint density at radius 3 is 2.86 bits per heavy atom. The number of amides is 1. The number of hydrogen-bond donors (Lipinski definition) is 1. The van der Waals surface area contributed by atoms with E-state index in [4.69, 9.17) is 10.5 Å². The third-order valence-electron chi connectivity index (χ3n) is 5.13. The molecule has 0 spiro atoms. The van der Waals surface area contributed by atoms with E-state index in [1.165, 1.54) is 5.56 Å². The molecule has 120 valence electrons. The number of nitrogens with two attached hydrogens (primary N) is 1. The van der Waals surface area contributed by atoms with Gasteiger partial charge in [-0.3, -0.25) is 4.79 Å². The first kappa shape index (κ1) is 15.3. The molecule has 1 aliphatic carbocycles. The molecule has 2 N–H and O–H groups in total. The van der Waals surface area contributed by atoms with Crippen LogP contribution in [0.2, 0.25) is 0 Å². The van der Waals surface area contributed by atoms with E-state index in [0.717, 1.165) is 50.8 Å². The van der Waals surface area contributed by atoms with Crippen molar-refractivity contribution < 1.29 is 9.53 Å². The number of methoxy groups -OCH3 is 1. The maximum absolute atomic E-state index is 12.8. The maximum Gasteiger partial charge on any atom is 0.226 e. The number of carbonyl (C=O) groups is 1. The summed E-state index contributed by atoms with van der Waals surface area (Å²) in [7, 11) is 1.70. The lowest BCUT2D eigenvalue weighted by molar-refractivity contribution is -0.136. The van der Waals surface area contributed by atoms with Gasteiger partial charge in [0.15, 0.2) is 0 Å². The molecule has 0 radical (unpaired) electrons. The second-order valence-electron chi connectivity index (χ2n) is 6.61. The molecule has 1 aliphatic heterocycles. The van der Waals surface area contributed by atoms with Crippen LogP contribution in [-0.2, 0) is 11.2 Å². The molecule has 4 heteroatoms. The first-order chi connectivity index (χ1) is 10.7. The van der Waals surface area contributed by atoms with Gasteiger partial charge >= 0.3 is 0 Å². The Kier molecular flexibility index (Phi) is 4.67.